The van der Waals surface area contributed by atoms with E-state index in [2.05, 4.69) is 53.1 Å². The first-order valence-electron chi connectivity index (χ1n) is 8.05. The first kappa shape index (κ1) is 21.1. The molecule has 6 heteroatoms. The molecular weight excluding hydrogens is 339 g/mol. The Labute approximate surface area is 148 Å². The van der Waals surface area contributed by atoms with Gasteiger partial charge >= 0.3 is 5.97 Å². The number of carbonyl (C=O) groups excluding carboxylic acids is 1. The normalized spacial score (nSPS) is 15.1. The van der Waals surface area contributed by atoms with E-state index in [-0.39, 0.29) is 0 Å². The van der Waals surface area contributed by atoms with E-state index in [0.717, 1.165) is 6.66 Å². The lowest BCUT2D eigenvalue weighted by Gasteiger charge is -2.22. The summed E-state index contributed by atoms with van der Waals surface area (Å²) < 4.78 is 14.7. The van der Waals surface area contributed by atoms with E-state index in [1.54, 1.807) is 6.92 Å². The van der Waals surface area contributed by atoms with Gasteiger partial charge in [0.1, 0.15) is 0 Å². The summed E-state index contributed by atoms with van der Waals surface area (Å²) in [7, 11) is -4.04. The molecular formula is C19H24O5P-. The van der Waals surface area contributed by atoms with Crippen molar-refractivity contribution in [2.24, 2.45) is 5.92 Å². The minimum atomic E-state index is -4.04. The average Bonchev–Trinajstić information content (AvgIpc) is 2.61. The zero-order valence-electron chi connectivity index (χ0n) is 14.7. The van der Waals surface area contributed by atoms with Gasteiger partial charge in [0.15, 0.2) is 7.60 Å². The van der Waals surface area contributed by atoms with Crippen molar-refractivity contribution in [1.82, 2.24) is 0 Å². The maximum Gasteiger partial charge on any atom is 0.315 e. The molecule has 2 aromatic rings. The van der Waals surface area contributed by atoms with Crippen LogP contribution >= 0.6 is 7.60 Å². The van der Waals surface area contributed by atoms with Crippen LogP contribution < -0.4 is 4.89 Å². The van der Waals surface area contributed by atoms with E-state index >= 15 is 0 Å². The van der Waals surface area contributed by atoms with Gasteiger partial charge in [0, 0.05) is 6.66 Å². The molecule has 0 fully saturated rings. The molecule has 0 saturated heterocycles. The number of benzene rings is 2. The predicted octanol–water partition coefficient (Wildman–Crippen LogP) is 3.47. The molecule has 0 bridgehead atoms. The highest BCUT2D eigenvalue weighted by atomic mass is 31.2. The van der Waals surface area contributed by atoms with Crippen molar-refractivity contribution in [3.63, 3.8) is 0 Å². The molecule has 1 N–H and O–H groups in total. The van der Waals surface area contributed by atoms with Gasteiger partial charge in [-0.1, -0.05) is 67.6 Å². The van der Waals surface area contributed by atoms with Gasteiger partial charge in [0.05, 0.1) is 12.0 Å². The summed E-state index contributed by atoms with van der Waals surface area (Å²) in [4.78, 5) is 21.6. The Bertz CT molecular complexity index is 644. The third kappa shape index (κ3) is 8.12. The van der Waals surface area contributed by atoms with Gasteiger partial charge in [-0.15, -0.1) is 0 Å². The first-order valence-corrected chi connectivity index (χ1v) is 10.0. The van der Waals surface area contributed by atoms with Gasteiger partial charge in [-0.05, 0) is 24.5 Å². The molecule has 5 nitrogen and oxygen atoms in total. The summed E-state index contributed by atoms with van der Waals surface area (Å²) in [5.41, 5.74) is 2.55. The van der Waals surface area contributed by atoms with E-state index < -0.39 is 25.6 Å². The van der Waals surface area contributed by atoms with Crippen LogP contribution in [0.5, 0.6) is 0 Å². The molecule has 0 radical (unpaired) electrons. The molecule has 0 aromatic heterocycles. The van der Waals surface area contributed by atoms with Crippen LogP contribution in [-0.4, -0.2) is 23.8 Å². The summed E-state index contributed by atoms with van der Waals surface area (Å²) in [5.74, 6) is -1.72. The molecule has 2 rings (SSSR count). The van der Waals surface area contributed by atoms with Crippen molar-refractivity contribution >= 4 is 13.6 Å². The largest absolute Gasteiger partial charge is 0.769 e. The molecule has 0 aliphatic rings. The topological polar surface area (TPSA) is 86.7 Å². The second-order valence-electron chi connectivity index (χ2n) is 5.68. The lowest BCUT2D eigenvalue weighted by Crippen LogP contribution is -2.27. The van der Waals surface area contributed by atoms with Crippen LogP contribution in [0.2, 0.25) is 0 Å². The standard InChI is InChI=1S/C12H10.C7H15O5P/c1-3-7-11(8-4-1)12-9-5-2-6-10-12;1-4-6(8)5(2)7(9)12-13(3,10)11/h1-10H;5-6,8H,4H2,1-3H3,(H,10,11)/p-1/t;5-,6+/m.1/s1. The highest BCUT2D eigenvalue weighted by molar-refractivity contribution is 7.51. The number of aliphatic hydroxyl groups is 1. The highest BCUT2D eigenvalue weighted by Crippen LogP contribution is 2.32. The zero-order valence-corrected chi connectivity index (χ0v) is 15.6. The second-order valence-corrected chi connectivity index (χ2v) is 7.40. The third-order valence-corrected chi connectivity index (χ3v) is 4.02. The Hall–Kier alpha value is -1.94. The van der Waals surface area contributed by atoms with Gasteiger partial charge in [0.2, 0.25) is 0 Å². The minimum absolute atomic E-state index is 0.378. The Morgan fingerprint density at radius 1 is 1.08 bits per heavy atom. The van der Waals surface area contributed by atoms with Crippen molar-refractivity contribution < 1.29 is 23.9 Å². The van der Waals surface area contributed by atoms with Crippen LogP contribution in [0.3, 0.4) is 0 Å². The fourth-order valence-electron chi connectivity index (χ4n) is 2.02. The average molecular weight is 363 g/mol. The molecule has 2 aromatic carbocycles. The molecule has 0 spiro atoms. The Morgan fingerprint density at radius 2 is 1.48 bits per heavy atom. The molecule has 0 saturated carbocycles. The molecule has 0 amide bonds. The summed E-state index contributed by atoms with van der Waals surface area (Å²) >= 11 is 0. The van der Waals surface area contributed by atoms with E-state index in [0.29, 0.717) is 6.42 Å². The van der Waals surface area contributed by atoms with Crippen molar-refractivity contribution in [2.45, 2.75) is 26.4 Å². The summed E-state index contributed by atoms with van der Waals surface area (Å²) in [6.45, 7) is 3.93. The Kier molecular flexibility index (Phi) is 8.56. The minimum Gasteiger partial charge on any atom is -0.769 e. The van der Waals surface area contributed by atoms with Gasteiger partial charge in [0.25, 0.3) is 0 Å². The van der Waals surface area contributed by atoms with Crippen LogP contribution in [0.15, 0.2) is 60.7 Å². The van der Waals surface area contributed by atoms with E-state index in [4.69, 9.17) is 0 Å². The van der Waals surface area contributed by atoms with Crippen LogP contribution in [-0.2, 0) is 13.9 Å². The third-order valence-electron chi connectivity index (χ3n) is 3.50. The number of carbonyl (C=O) groups is 1. The lowest BCUT2D eigenvalue weighted by atomic mass is 10.0. The number of aliphatic hydroxyl groups excluding tert-OH is 1. The van der Waals surface area contributed by atoms with Crippen LogP contribution in [0.1, 0.15) is 20.3 Å². The predicted molar refractivity (Wildman–Crippen MR) is 97.0 cm³/mol. The summed E-state index contributed by atoms with van der Waals surface area (Å²) in [6.07, 6.45) is -0.484. The maximum atomic E-state index is 11.0. The van der Waals surface area contributed by atoms with Crippen molar-refractivity contribution in [1.29, 1.82) is 0 Å². The molecule has 136 valence electrons. The van der Waals surface area contributed by atoms with Gasteiger partial charge in [-0.25, -0.2) is 0 Å². The van der Waals surface area contributed by atoms with Gasteiger partial charge in [-0.2, -0.15) is 0 Å². The number of rotatable bonds is 5. The van der Waals surface area contributed by atoms with Crippen molar-refractivity contribution in [3.8, 4) is 11.1 Å². The second kappa shape index (κ2) is 10.1. The molecule has 0 aliphatic carbocycles. The number of hydrogen-bond acceptors (Lipinski definition) is 5. The van der Waals surface area contributed by atoms with E-state index in [1.165, 1.54) is 18.1 Å². The molecule has 25 heavy (non-hydrogen) atoms. The van der Waals surface area contributed by atoms with Gasteiger partial charge < -0.3 is 14.5 Å². The lowest BCUT2D eigenvalue weighted by molar-refractivity contribution is -0.199. The summed E-state index contributed by atoms with van der Waals surface area (Å²) in [5, 5.41) is 9.20. The summed E-state index contributed by atoms with van der Waals surface area (Å²) in [6, 6.07) is 20.8. The van der Waals surface area contributed by atoms with Crippen LogP contribution in [0, 0.1) is 5.92 Å². The smallest absolute Gasteiger partial charge is 0.315 e. The van der Waals surface area contributed by atoms with Gasteiger partial charge in [-0.3, -0.25) is 9.36 Å². The zero-order chi connectivity index (χ0) is 18.9. The fraction of sp³-hybridized carbons (Fsp3) is 0.316. The fourth-order valence-corrected chi connectivity index (χ4v) is 2.51. The molecule has 0 heterocycles. The SMILES string of the molecule is CC[C@H](O)[C@@H](C)C(=O)OP(C)(=O)[O-].c1ccc(-c2ccccc2)cc1. The molecule has 0 aliphatic heterocycles. The monoisotopic (exact) mass is 363 g/mol. The highest BCUT2D eigenvalue weighted by Gasteiger charge is 2.23. The van der Waals surface area contributed by atoms with Crippen LogP contribution in [0.4, 0.5) is 0 Å². The first-order chi connectivity index (χ1) is 11.7. The van der Waals surface area contributed by atoms with E-state index in [1.807, 2.05) is 12.1 Å². The molecule has 1 unspecified atom stereocenters. The van der Waals surface area contributed by atoms with Crippen molar-refractivity contribution in [3.05, 3.63) is 60.7 Å². The maximum absolute atomic E-state index is 11.0. The van der Waals surface area contributed by atoms with Crippen molar-refractivity contribution in [2.75, 3.05) is 6.66 Å². The van der Waals surface area contributed by atoms with Crippen LogP contribution in [0.25, 0.3) is 11.1 Å². The van der Waals surface area contributed by atoms with E-state index in [9.17, 15) is 19.4 Å². The Balaban J connectivity index is 0.000000250. The quantitative estimate of drug-likeness (QED) is 0.822. The molecule has 3 atom stereocenters. The number of hydrogen-bond donors (Lipinski definition) is 1. The Morgan fingerprint density at radius 3 is 1.80 bits per heavy atom.